The number of nitro groups is 1. The first-order valence-electron chi connectivity index (χ1n) is 12.0. The molecule has 1 aromatic heterocycles. The van der Waals surface area contributed by atoms with Crippen molar-refractivity contribution in [2.24, 2.45) is 0 Å². The van der Waals surface area contributed by atoms with Gasteiger partial charge in [-0.15, -0.1) is 0 Å². The average Bonchev–Trinajstić information content (AvgIpc) is 2.88. The van der Waals surface area contributed by atoms with Crippen molar-refractivity contribution in [1.29, 1.82) is 0 Å². The molecular formula is C26H35ClN6O4. The summed E-state index contributed by atoms with van der Waals surface area (Å²) in [5.74, 6) is -0.116. The van der Waals surface area contributed by atoms with Crippen LogP contribution in [0.15, 0.2) is 53.3 Å². The van der Waals surface area contributed by atoms with Crippen molar-refractivity contribution in [1.82, 2.24) is 20.5 Å². The Morgan fingerprint density at radius 1 is 1.03 bits per heavy atom. The third kappa shape index (κ3) is 6.46. The van der Waals surface area contributed by atoms with E-state index in [1.807, 2.05) is 62.0 Å². The lowest BCUT2D eigenvalue weighted by Crippen LogP contribution is -2.49. The van der Waals surface area contributed by atoms with Gasteiger partial charge in [-0.2, -0.15) is 0 Å². The SMILES string of the molecule is CC.CN(C)CCn1c(=O)c([N+](=O)[O-])c(N2CCN(C(=O)c3ccc(Cl)cc3)CC2)c2ccccc21.N. The third-order valence-electron chi connectivity index (χ3n) is 6.05. The molecule has 0 unspecified atom stereocenters. The van der Waals surface area contributed by atoms with Gasteiger partial charge in [0.1, 0.15) is 5.69 Å². The Labute approximate surface area is 221 Å². The average molecular weight is 531 g/mol. The zero-order valence-corrected chi connectivity index (χ0v) is 22.6. The molecule has 0 bridgehead atoms. The maximum Gasteiger partial charge on any atom is 0.357 e. The van der Waals surface area contributed by atoms with E-state index in [0.29, 0.717) is 66.4 Å². The van der Waals surface area contributed by atoms with Crippen molar-refractivity contribution < 1.29 is 9.72 Å². The predicted molar refractivity (Wildman–Crippen MR) is 149 cm³/mol. The lowest BCUT2D eigenvalue weighted by Gasteiger charge is -2.36. The zero-order valence-electron chi connectivity index (χ0n) is 21.8. The van der Waals surface area contributed by atoms with Gasteiger partial charge in [0.2, 0.25) is 0 Å². The van der Waals surface area contributed by atoms with E-state index in [2.05, 4.69) is 0 Å². The van der Waals surface area contributed by atoms with Crippen LogP contribution in [0.4, 0.5) is 11.4 Å². The first kappa shape index (κ1) is 29.8. The fraction of sp³-hybridized carbons (Fsp3) is 0.385. The molecule has 2 aromatic carbocycles. The van der Waals surface area contributed by atoms with Gasteiger partial charge in [-0.25, -0.2) is 0 Å². The minimum absolute atomic E-state index is 0. The van der Waals surface area contributed by atoms with Crippen LogP contribution in [-0.4, -0.2) is 72.0 Å². The molecule has 11 heteroatoms. The van der Waals surface area contributed by atoms with E-state index in [4.69, 9.17) is 11.6 Å². The van der Waals surface area contributed by atoms with E-state index < -0.39 is 16.2 Å². The minimum Gasteiger partial charge on any atom is -0.362 e. The Bertz CT molecular complexity index is 1280. The molecule has 10 nitrogen and oxygen atoms in total. The van der Waals surface area contributed by atoms with Crippen LogP contribution in [0.3, 0.4) is 0 Å². The quantitative estimate of drug-likeness (QED) is 0.372. The van der Waals surface area contributed by atoms with Gasteiger partial charge in [-0.05, 0) is 44.4 Å². The second kappa shape index (κ2) is 13.2. The van der Waals surface area contributed by atoms with Crippen molar-refractivity contribution in [2.45, 2.75) is 20.4 Å². The van der Waals surface area contributed by atoms with E-state index in [0.717, 1.165) is 0 Å². The number of carbonyl (C=O) groups excluding carboxylic acids is 1. The normalized spacial score (nSPS) is 13.1. The number of piperazine rings is 1. The Balaban J connectivity index is 0.00000157. The second-order valence-electron chi connectivity index (χ2n) is 8.52. The minimum atomic E-state index is -0.611. The molecular weight excluding hydrogens is 496 g/mol. The number of hydrogen-bond donors (Lipinski definition) is 1. The van der Waals surface area contributed by atoms with Crippen LogP contribution < -0.4 is 16.6 Å². The van der Waals surface area contributed by atoms with Crippen molar-refractivity contribution in [3.8, 4) is 0 Å². The van der Waals surface area contributed by atoms with Gasteiger partial charge in [0.05, 0.1) is 10.4 Å². The number of carbonyl (C=O) groups is 1. The first-order chi connectivity index (χ1) is 17.3. The molecule has 1 amide bonds. The Morgan fingerprint density at radius 3 is 2.19 bits per heavy atom. The number of anilines is 1. The molecule has 200 valence electrons. The fourth-order valence-electron chi connectivity index (χ4n) is 4.29. The summed E-state index contributed by atoms with van der Waals surface area (Å²) in [6.07, 6.45) is 0. The van der Waals surface area contributed by atoms with Gasteiger partial charge in [-0.1, -0.05) is 43.6 Å². The van der Waals surface area contributed by atoms with Crippen LogP contribution in [0, 0.1) is 10.1 Å². The van der Waals surface area contributed by atoms with E-state index >= 15 is 0 Å². The highest BCUT2D eigenvalue weighted by molar-refractivity contribution is 6.30. The highest BCUT2D eigenvalue weighted by Crippen LogP contribution is 2.34. The summed E-state index contributed by atoms with van der Waals surface area (Å²) in [7, 11) is 3.78. The summed E-state index contributed by atoms with van der Waals surface area (Å²) in [6.45, 7) is 6.45. The maximum atomic E-state index is 13.3. The Kier molecular flexibility index (Phi) is 10.6. The number of hydrogen-bond acceptors (Lipinski definition) is 7. The van der Waals surface area contributed by atoms with E-state index in [9.17, 15) is 19.7 Å². The molecule has 3 N–H and O–H groups in total. The van der Waals surface area contributed by atoms with Gasteiger partial charge in [0.25, 0.3) is 5.91 Å². The molecule has 2 heterocycles. The molecule has 1 fully saturated rings. The van der Waals surface area contributed by atoms with Crippen molar-refractivity contribution >= 4 is 39.8 Å². The molecule has 1 saturated heterocycles. The fourth-order valence-corrected chi connectivity index (χ4v) is 4.42. The van der Waals surface area contributed by atoms with Crippen LogP contribution in [0.1, 0.15) is 24.2 Å². The monoisotopic (exact) mass is 530 g/mol. The van der Waals surface area contributed by atoms with Gasteiger partial charge in [-0.3, -0.25) is 19.7 Å². The molecule has 37 heavy (non-hydrogen) atoms. The van der Waals surface area contributed by atoms with Gasteiger partial charge in [0.15, 0.2) is 0 Å². The number of amides is 1. The Hall–Kier alpha value is -3.47. The lowest BCUT2D eigenvalue weighted by molar-refractivity contribution is -0.385. The van der Waals surface area contributed by atoms with Crippen LogP contribution in [0.2, 0.25) is 5.02 Å². The summed E-state index contributed by atoms with van der Waals surface area (Å²) in [4.78, 5) is 43.1. The van der Waals surface area contributed by atoms with E-state index in [1.54, 1.807) is 29.2 Å². The number of pyridine rings is 1. The van der Waals surface area contributed by atoms with Crippen LogP contribution >= 0.6 is 11.6 Å². The number of likely N-dealkylation sites (N-methyl/N-ethyl adjacent to an activating group) is 1. The van der Waals surface area contributed by atoms with Crippen molar-refractivity contribution in [3.05, 3.63) is 79.6 Å². The third-order valence-corrected chi connectivity index (χ3v) is 6.30. The van der Waals surface area contributed by atoms with Crippen LogP contribution in [-0.2, 0) is 6.54 Å². The lowest BCUT2D eigenvalue weighted by atomic mass is 10.1. The van der Waals surface area contributed by atoms with Crippen molar-refractivity contribution in [2.75, 3.05) is 51.7 Å². The maximum absolute atomic E-state index is 13.3. The van der Waals surface area contributed by atoms with Crippen LogP contribution in [0.25, 0.3) is 10.9 Å². The molecule has 4 rings (SSSR count). The summed E-state index contributed by atoms with van der Waals surface area (Å²) < 4.78 is 1.48. The molecule has 1 aliphatic heterocycles. The molecule has 0 atom stereocenters. The smallest absolute Gasteiger partial charge is 0.357 e. The standard InChI is InChI=1S/C24H26ClN5O4.C2H6.H3N/c1-26(2)11-16-29-20-6-4-3-5-19(20)21(22(24(29)32)30(33)34)27-12-14-28(15-13-27)23(31)17-7-9-18(25)10-8-17;1-2;/h3-10H,11-16H2,1-2H3;1-2H3;1H3. The number of fused-ring (bicyclic) bond motifs is 1. The second-order valence-corrected chi connectivity index (χ2v) is 8.95. The number of aromatic nitrogens is 1. The highest BCUT2D eigenvalue weighted by Gasteiger charge is 2.32. The molecule has 3 aromatic rings. The van der Waals surface area contributed by atoms with E-state index in [1.165, 1.54) is 4.57 Å². The molecule has 1 aliphatic rings. The number of benzene rings is 2. The highest BCUT2D eigenvalue weighted by atomic mass is 35.5. The largest absolute Gasteiger partial charge is 0.362 e. The summed E-state index contributed by atoms with van der Waals surface area (Å²) in [5.41, 5.74) is 0.493. The molecule has 0 saturated carbocycles. The zero-order chi connectivity index (χ0) is 26.4. The predicted octanol–water partition coefficient (Wildman–Crippen LogP) is 4.28. The summed E-state index contributed by atoms with van der Waals surface area (Å²) in [6, 6.07) is 14.0. The molecule has 0 aliphatic carbocycles. The number of halogens is 1. The van der Waals surface area contributed by atoms with Gasteiger partial charge >= 0.3 is 11.2 Å². The number of nitrogens with zero attached hydrogens (tertiary/aromatic N) is 5. The number of para-hydroxylation sites is 1. The molecule has 0 spiro atoms. The van der Waals surface area contributed by atoms with Crippen LogP contribution in [0.5, 0.6) is 0 Å². The summed E-state index contributed by atoms with van der Waals surface area (Å²) >= 11 is 5.92. The topological polar surface area (TPSA) is 127 Å². The number of rotatable bonds is 6. The first-order valence-corrected chi connectivity index (χ1v) is 12.4. The summed E-state index contributed by atoms with van der Waals surface area (Å²) in [5, 5.41) is 13.3. The van der Waals surface area contributed by atoms with Crippen molar-refractivity contribution in [3.63, 3.8) is 0 Å². The molecule has 0 radical (unpaired) electrons. The van der Waals surface area contributed by atoms with Gasteiger partial charge in [0, 0.05) is 55.2 Å². The van der Waals surface area contributed by atoms with Gasteiger partial charge < -0.3 is 25.4 Å². The Morgan fingerprint density at radius 2 is 1.62 bits per heavy atom. The van der Waals surface area contributed by atoms with E-state index in [-0.39, 0.29) is 12.1 Å².